The summed E-state index contributed by atoms with van der Waals surface area (Å²) < 4.78 is 0. The molecule has 0 saturated carbocycles. The van der Waals surface area contributed by atoms with E-state index < -0.39 is 6.10 Å². The van der Waals surface area contributed by atoms with Gasteiger partial charge in [-0.25, -0.2) is 0 Å². The Morgan fingerprint density at radius 1 is 1.23 bits per heavy atom. The van der Waals surface area contributed by atoms with Gasteiger partial charge in [0.25, 0.3) is 0 Å². The van der Waals surface area contributed by atoms with E-state index in [1.165, 1.54) is 0 Å². The number of benzene rings is 1. The van der Waals surface area contributed by atoms with Crippen LogP contribution in [0.2, 0.25) is 15.1 Å². The van der Waals surface area contributed by atoms with E-state index in [-0.39, 0.29) is 0 Å². The standard InChI is InChI=1S/C9H9Cl3O/c1-2-7(13)8-5(10)3-4-6(11)9(8)12/h3-4,7,13H,2H2,1H3. The first-order chi connectivity index (χ1) is 6.07. The van der Waals surface area contributed by atoms with Crippen molar-refractivity contribution in [3.05, 3.63) is 32.8 Å². The average Bonchev–Trinajstić information content (AvgIpc) is 2.12. The van der Waals surface area contributed by atoms with Crippen molar-refractivity contribution in [2.45, 2.75) is 19.4 Å². The van der Waals surface area contributed by atoms with Gasteiger partial charge in [0.1, 0.15) is 0 Å². The Kier molecular flexibility index (Phi) is 3.87. The summed E-state index contributed by atoms with van der Waals surface area (Å²) in [6.45, 7) is 1.85. The molecule has 0 radical (unpaired) electrons. The Balaban J connectivity index is 3.25. The van der Waals surface area contributed by atoms with Gasteiger partial charge in [0.05, 0.1) is 16.1 Å². The summed E-state index contributed by atoms with van der Waals surface area (Å²) in [4.78, 5) is 0. The molecule has 1 unspecified atom stereocenters. The van der Waals surface area contributed by atoms with Gasteiger partial charge in [-0.3, -0.25) is 0 Å². The maximum atomic E-state index is 9.59. The number of hydrogen-bond donors (Lipinski definition) is 1. The minimum atomic E-state index is -0.654. The second kappa shape index (κ2) is 4.52. The van der Waals surface area contributed by atoms with Crippen LogP contribution < -0.4 is 0 Å². The highest BCUT2D eigenvalue weighted by Gasteiger charge is 2.15. The Bertz CT molecular complexity index is 312. The number of aliphatic hydroxyl groups excluding tert-OH is 1. The summed E-state index contributed by atoms with van der Waals surface area (Å²) >= 11 is 17.6. The topological polar surface area (TPSA) is 20.2 Å². The van der Waals surface area contributed by atoms with E-state index in [0.29, 0.717) is 27.1 Å². The largest absolute Gasteiger partial charge is 0.388 e. The molecule has 0 amide bonds. The van der Waals surface area contributed by atoms with E-state index in [1.54, 1.807) is 12.1 Å². The van der Waals surface area contributed by atoms with Crippen molar-refractivity contribution >= 4 is 34.8 Å². The molecule has 0 saturated heterocycles. The van der Waals surface area contributed by atoms with Gasteiger partial charge in [-0.05, 0) is 18.6 Å². The molecule has 13 heavy (non-hydrogen) atoms. The number of aliphatic hydroxyl groups is 1. The molecule has 0 aliphatic carbocycles. The molecule has 1 atom stereocenters. The van der Waals surface area contributed by atoms with Gasteiger partial charge in [0, 0.05) is 10.6 Å². The second-order valence-corrected chi connectivity index (χ2v) is 3.87. The van der Waals surface area contributed by atoms with E-state index in [2.05, 4.69) is 0 Å². The van der Waals surface area contributed by atoms with Crippen LogP contribution >= 0.6 is 34.8 Å². The Morgan fingerprint density at radius 2 is 1.77 bits per heavy atom. The molecule has 0 heterocycles. The van der Waals surface area contributed by atoms with Crippen LogP contribution in [0.3, 0.4) is 0 Å². The zero-order chi connectivity index (χ0) is 10.0. The molecular weight excluding hydrogens is 230 g/mol. The SMILES string of the molecule is CCC(O)c1c(Cl)ccc(Cl)c1Cl. The van der Waals surface area contributed by atoms with Crippen LogP contribution in [0.1, 0.15) is 25.0 Å². The summed E-state index contributed by atoms with van der Waals surface area (Å²) in [6, 6.07) is 3.24. The molecule has 1 N–H and O–H groups in total. The van der Waals surface area contributed by atoms with Crippen LogP contribution in [-0.2, 0) is 0 Å². The van der Waals surface area contributed by atoms with Gasteiger partial charge in [0.15, 0.2) is 0 Å². The van der Waals surface area contributed by atoms with Crippen LogP contribution in [0.15, 0.2) is 12.1 Å². The first-order valence-corrected chi connectivity index (χ1v) is 5.02. The molecule has 1 nitrogen and oxygen atoms in total. The van der Waals surface area contributed by atoms with Crippen molar-refractivity contribution in [3.8, 4) is 0 Å². The summed E-state index contributed by atoms with van der Waals surface area (Å²) in [7, 11) is 0. The lowest BCUT2D eigenvalue weighted by Gasteiger charge is -2.12. The molecule has 0 aliphatic heterocycles. The highest BCUT2D eigenvalue weighted by atomic mass is 35.5. The Labute approximate surface area is 92.2 Å². The van der Waals surface area contributed by atoms with Gasteiger partial charge in [0.2, 0.25) is 0 Å². The van der Waals surface area contributed by atoms with Crippen molar-refractivity contribution in [3.63, 3.8) is 0 Å². The van der Waals surface area contributed by atoms with Gasteiger partial charge < -0.3 is 5.11 Å². The lowest BCUT2D eigenvalue weighted by atomic mass is 10.1. The summed E-state index contributed by atoms with van der Waals surface area (Å²) in [5.41, 5.74) is 0.512. The number of hydrogen-bond acceptors (Lipinski definition) is 1. The predicted octanol–water partition coefficient (Wildman–Crippen LogP) is 4.09. The third-order valence-electron chi connectivity index (χ3n) is 1.80. The first-order valence-electron chi connectivity index (χ1n) is 3.89. The van der Waals surface area contributed by atoms with Gasteiger partial charge in [-0.15, -0.1) is 0 Å². The zero-order valence-corrected chi connectivity index (χ0v) is 9.29. The third-order valence-corrected chi connectivity index (χ3v) is 2.95. The molecule has 4 heteroatoms. The average molecular weight is 240 g/mol. The molecule has 1 aromatic carbocycles. The fraction of sp³-hybridized carbons (Fsp3) is 0.333. The molecule has 0 spiro atoms. The van der Waals surface area contributed by atoms with Gasteiger partial charge in [-0.2, -0.15) is 0 Å². The van der Waals surface area contributed by atoms with Crippen LogP contribution in [0.5, 0.6) is 0 Å². The van der Waals surface area contributed by atoms with Crippen molar-refractivity contribution in [2.75, 3.05) is 0 Å². The second-order valence-electron chi connectivity index (χ2n) is 2.68. The first kappa shape index (κ1) is 11.1. The Morgan fingerprint density at radius 3 is 2.31 bits per heavy atom. The van der Waals surface area contributed by atoms with Crippen molar-refractivity contribution < 1.29 is 5.11 Å². The lowest BCUT2D eigenvalue weighted by Crippen LogP contribution is -1.97. The van der Waals surface area contributed by atoms with Crippen molar-refractivity contribution in [1.82, 2.24) is 0 Å². The summed E-state index contributed by atoms with van der Waals surface area (Å²) in [5, 5.41) is 10.8. The van der Waals surface area contributed by atoms with Crippen molar-refractivity contribution in [2.24, 2.45) is 0 Å². The molecular formula is C9H9Cl3O. The summed E-state index contributed by atoms with van der Waals surface area (Å²) in [6.07, 6.45) is -0.0986. The van der Waals surface area contributed by atoms with Crippen LogP contribution in [0, 0.1) is 0 Å². The molecule has 1 aromatic rings. The lowest BCUT2D eigenvalue weighted by molar-refractivity contribution is 0.174. The number of halogens is 3. The van der Waals surface area contributed by atoms with Crippen LogP contribution in [0.4, 0.5) is 0 Å². The maximum absolute atomic E-state index is 9.59. The van der Waals surface area contributed by atoms with E-state index in [9.17, 15) is 5.11 Å². The normalized spacial score (nSPS) is 13.0. The van der Waals surface area contributed by atoms with Gasteiger partial charge in [-0.1, -0.05) is 41.7 Å². The van der Waals surface area contributed by atoms with Gasteiger partial charge >= 0.3 is 0 Å². The zero-order valence-electron chi connectivity index (χ0n) is 7.02. The molecule has 0 fully saturated rings. The van der Waals surface area contributed by atoms with E-state index in [0.717, 1.165) is 0 Å². The van der Waals surface area contributed by atoms with E-state index in [1.807, 2.05) is 6.92 Å². The molecule has 1 rings (SSSR count). The fourth-order valence-electron chi connectivity index (χ4n) is 1.05. The Hall–Kier alpha value is 0.0500. The third kappa shape index (κ3) is 2.29. The minimum absolute atomic E-state index is 0.337. The van der Waals surface area contributed by atoms with Crippen LogP contribution in [-0.4, -0.2) is 5.11 Å². The quantitative estimate of drug-likeness (QED) is 0.771. The van der Waals surface area contributed by atoms with Crippen LogP contribution in [0.25, 0.3) is 0 Å². The summed E-state index contributed by atoms with van der Waals surface area (Å²) in [5.74, 6) is 0. The number of rotatable bonds is 2. The highest BCUT2D eigenvalue weighted by molar-refractivity contribution is 6.44. The molecule has 0 aromatic heterocycles. The molecule has 72 valence electrons. The molecule has 0 bridgehead atoms. The smallest absolute Gasteiger partial charge is 0.0817 e. The predicted molar refractivity (Wildman–Crippen MR) is 56.7 cm³/mol. The monoisotopic (exact) mass is 238 g/mol. The maximum Gasteiger partial charge on any atom is 0.0817 e. The van der Waals surface area contributed by atoms with Crippen molar-refractivity contribution in [1.29, 1.82) is 0 Å². The van der Waals surface area contributed by atoms with E-state index >= 15 is 0 Å². The highest BCUT2D eigenvalue weighted by Crippen LogP contribution is 2.36. The fourth-order valence-corrected chi connectivity index (χ4v) is 1.84. The minimum Gasteiger partial charge on any atom is -0.388 e. The molecule has 0 aliphatic rings. The van der Waals surface area contributed by atoms with E-state index in [4.69, 9.17) is 34.8 Å².